The first-order valence-corrected chi connectivity index (χ1v) is 7.25. The van der Waals surface area contributed by atoms with Crippen molar-refractivity contribution in [3.05, 3.63) is 35.4 Å². The second-order valence-electron chi connectivity index (χ2n) is 5.60. The van der Waals surface area contributed by atoms with Crippen molar-refractivity contribution >= 4 is 5.91 Å². The molecule has 1 saturated heterocycles. The Morgan fingerprint density at radius 2 is 2.00 bits per heavy atom. The number of likely N-dealkylation sites (tertiary alicyclic amines) is 1. The molecule has 0 bridgehead atoms. The summed E-state index contributed by atoms with van der Waals surface area (Å²) in [5, 5.41) is 8.91. The Bertz CT molecular complexity index is 454. The molecule has 0 saturated carbocycles. The third kappa shape index (κ3) is 3.58. The van der Waals surface area contributed by atoms with E-state index in [0.717, 1.165) is 32.5 Å². The van der Waals surface area contributed by atoms with Gasteiger partial charge >= 0.3 is 0 Å². The Hall–Kier alpha value is -1.39. The zero-order valence-electron chi connectivity index (χ0n) is 12.4. The molecule has 4 nitrogen and oxygen atoms in total. The minimum Gasteiger partial charge on any atom is -0.387 e. The van der Waals surface area contributed by atoms with Crippen LogP contribution in [0.25, 0.3) is 0 Å². The highest BCUT2D eigenvalue weighted by Crippen LogP contribution is 2.18. The van der Waals surface area contributed by atoms with Crippen LogP contribution in [-0.4, -0.2) is 53.6 Å². The molecule has 0 radical (unpaired) electrons. The molecule has 1 aliphatic heterocycles. The summed E-state index contributed by atoms with van der Waals surface area (Å²) in [5.74, 6) is -0.178. The normalized spacial score (nSPS) is 17.1. The highest BCUT2D eigenvalue weighted by molar-refractivity contribution is 5.77. The van der Waals surface area contributed by atoms with E-state index < -0.39 is 0 Å². The molecule has 0 spiro atoms. The van der Waals surface area contributed by atoms with Crippen LogP contribution in [-0.2, 0) is 11.3 Å². The van der Waals surface area contributed by atoms with Gasteiger partial charge in [0.15, 0.2) is 0 Å². The number of carbonyl (C=O) groups is 1. The number of hydrogen-bond acceptors (Lipinski definition) is 3. The summed E-state index contributed by atoms with van der Waals surface area (Å²) in [7, 11) is 1.79. The van der Waals surface area contributed by atoms with Crippen molar-refractivity contribution in [1.29, 1.82) is 0 Å². The summed E-state index contributed by atoms with van der Waals surface area (Å²) < 4.78 is 0. The fourth-order valence-electron chi connectivity index (χ4n) is 2.81. The Morgan fingerprint density at radius 1 is 1.35 bits per heavy atom. The predicted octanol–water partition coefficient (Wildman–Crippen LogP) is 1.41. The molecule has 1 amide bonds. The molecule has 110 valence electrons. The monoisotopic (exact) mass is 276 g/mol. The van der Waals surface area contributed by atoms with E-state index in [-0.39, 0.29) is 18.6 Å². The molecule has 1 heterocycles. The highest BCUT2D eigenvalue weighted by Gasteiger charge is 2.24. The van der Waals surface area contributed by atoms with Gasteiger partial charge in [-0.05, 0) is 30.9 Å². The first-order valence-electron chi connectivity index (χ1n) is 7.25. The third-order valence-corrected chi connectivity index (χ3v) is 4.29. The van der Waals surface area contributed by atoms with Crippen LogP contribution in [0.15, 0.2) is 24.3 Å². The fourth-order valence-corrected chi connectivity index (χ4v) is 2.81. The maximum atomic E-state index is 11.5. The van der Waals surface area contributed by atoms with Gasteiger partial charge in [0.2, 0.25) is 5.91 Å². The van der Waals surface area contributed by atoms with E-state index in [4.69, 9.17) is 5.11 Å². The van der Waals surface area contributed by atoms with Crippen molar-refractivity contribution in [2.45, 2.75) is 32.4 Å². The number of aliphatic hydroxyl groups is 1. The van der Waals surface area contributed by atoms with Gasteiger partial charge in [-0.3, -0.25) is 9.69 Å². The van der Waals surface area contributed by atoms with Gasteiger partial charge in [-0.1, -0.05) is 24.3 Å². The average Bonchev–Trinajstić information content (AvgIpc) is 2.49. The summed E-state index contributed by atoms with van der Waals surface area (Å²) >= 11 is 0. The quantitative estimate of drug-likeness (QED) is 0.904. The number of piperidine rings is 1. The number of hydrogen-bond donors (Lipinski definition) is 1. The smallest absolute Gasteiger partial charge is 0.248 e. The van der Waals surface area contributed by atoms with E-state index in [1.54, 1.807) is 11.9 Å². The van der Waals surface area contributed by atoms with Gasteiger partial charge < -0.3 is 10.0 Å². The van der Waals surface area contributed by atoms with Crippen LogP contribution in [0.2, 0.25) is 0 Å². The molecule has 2 rings (SSSR count). The summed E-state index contributed by atoms with van der Waals surface area (Å²) in [6.07, 6.45) is 1.96. The van der Waals surface area contributed by atoms with Gasteiger partial charge in [-0.2, -0.15) is 0 Å². The zero-order chi connectivity index (χ0) is 14.5. The summed E-state index contributed by atoms with van der Waals surface area (Å²) in [5.41, 5.74) is 2.72. The number of aryl methyl sites for hydroxylation is 1. The molecule has 1 aliphatic rings. The predicted molar refractivity (Wildman–Crippen MR) is 79.3 cm³/mol. The van der Waals surface area contributed by atoms with Crippen LogP contribution in [0.4, 0.5) is 0 Å². The van der Waals surface area contributed by atoms with E-state index in [9.17, 15) is 4.79 Å². The standard InChI is InChI=1S/C16H24N2O2/c1-13-5-3-4-6-14(13)11-18-9-7-15(8-10-18)17(2)16(20)12-19/h3-6,15,19H,7-12H2,1-2H3. The molecule has 1 aromatic carbocycles. The molecule has 0 atom stereocenters. The van der Waals surface area contributed by atoms with Crippen LogP contribution >= 0.6 is 0 Å². The van der Waals surface area contributed by atoms with Crippen LogP contribution < -0.4 is 0 Å². The minimum atomic E-state index is -0.389. The lowest BCUT2D eigenvalue weighted by molar-refractivity contribution is -0.135. The lowest BCUT2D eigenvalue weighted by Gasteiger charge is -2.36. The summed E-state index contributed by atoms with van der Waals surface area (Å²) in [6, 6.07) is 8.75. The molecule has 1 aromatic rings. The topological polar surface area (TPSA) is 43.8 Å². The largest absolute Gasteiger partial charge is 0.387 e. The van der Waals surface area contributed by atoms with Crippen molar-refractivity contribution in [3.8, 4) is 0 Å². The lowest BCUT2D eigenvalue weighted by atomic mass is 10.0. The van der Waals surface area contributed by atoms with Gasteiger partial charge in [0.05, 0.1) is 0 Å². The van der Waals surface area contributed by atoms with Crippen LogP contribution in [0.3, 0.4) is 0 Å². The van der Waals surface area contributed by atoms with Gasteiger partial charge in [-0.15, -0.1) is 0 Å². The molecule has 1 N–H and O–H groups in total. The van der Waals surface area contributed by atoms with E-state index in [0.29, 0.717) is 0 Å². The number of nitrogens with zero attached hydrogens (tertiary/aromatic N) is 2. The first kappa shape index (κ1) is 15.0. The molecular formula is C16H24N2O2. The Balaban J connectivity index is 1.86. The minimum absolute atomic E-state index is 0.178. The van der Waals surface area contributed by atoms with E-state index in [1.807, 2.05) is 0 Å². The second kappa shape index (κ2) is 6.86. The van der Waals surface area contributed by atoms with Gasteiger partial charge in [0.25, 0.3) is 0 Å². The number of likely N-dealkylation sites (N-methyl/N-ethyl adjacent to an activating group) is 1. The SMILES string of the molecule is Cc1ccccc1CN1CCC(N(C)C(=O)CO)CC1. The van der Waals surface area contributed by atoms with Crippen molar-refractivity contribution in [3.63, 3.8) is 0 Å². The number of aliphatic hydroxyl groups excluding tert-OH is 1. The van der Waals surface area contributed by atoms with Crippen molar-refractivity contribution < 1.29 is 9.90 Å². The number of benzene rings is 1. The van der Waals surface area contributed by atoms with E-state index in [1.165, 1.54) is 11.1 Å². The van der Waals surface area contributed by atoms with Crippen molar-refractivity contribution in [2.75, 3.05) is 26.7 Å². The Kier molecular flexibility index (Phi) is 5.15. The molecular weight excluding hydrogens is 252 g/mol. The van der Waals surface area contributed by atoms with E-state index >= 15 is 0 Å². The summed E-state index contributed by atoms with van der Waals surface area (Å²) in [4.78, 5) is 15.6. The molecule has 0 unspecified atom stereocenters. The zero-order valence-corrected chi connectivity index (χ0v) is 12.4. The average molecular weight is 276 g/mol. The maximum absolute atomic E-state index is 11.5. The number of amides is 1. The molecule has 0 aliphatic carbocycles. The number of carbonyl (C=O) groups excluding carboxylic acids is 1. The fraction of sp³-hybridized carbons (Fsp3) is 0.562. The molecule has 20 heavy (non-hydrogen) atoms. The van der Waals surface area contributed by atoms with Crippen molar-refractivity contribution in [2.24, 2.45) is 0 Å². The Morgan fingerprint density at radius 3 is 2.60 bits per heavy atom. The lowest BCUT2D eigenvalue weighted by Crippen LogP contribution is -2.46. The number of rotatable bonds is 4. The second-order valence-corrected chi connectivity index (χ2v) is 5.60. The van der Waals surface area contributed by atoms with E-state index in [2.05, 4.69) is 36.1 Å². The first-order chi connectivity index (χ1) is 9.61. The van der Waals surface area contributed by atoms with Crippen LogP contribution in [0, 0.1) is 6.92 Å². The molecule has 4 heteroatoms. The van der Waals surface area contributed by atoms with Crippen LogP contribution in [0.1, 0.15) is 24.0 Å². The van der Waals surface area contributed by atoms with Gasteiger partial charge in [0.1, 0.15) is 6.61 Å². The maximum Gasteiger partial charge on any atom is 0.248 e. The van der Waals surface area contributed by atoms with Gasteiger partial charge in [-0.25, -0.2) is 0 Å². The third-order valence-electron chi connectivity index (χ3n) is 4.29. The Labute approximate surface area is 121 Å². The molecule has 0 aromatic heterocycles. The van der Waals surface area contributed by atoms with Gasteiger partial charge in [0, 0.05) is 32.7 Å². The summed E-state index contributed by atoms with van der Waals surface area (Å²) in [6.45, 7) is 4.75. The van der Waals surface area contributed by atoms with Crippen molar-refractivity contribution in [1.82, 2.24) is 9.80 Å². The molecule has 1 fully saturated rings. The highest BCUT2D eigenvalue weighted by atomic mass is 16.3. The van der Waals surface area contributed by atoms with Crippen LogP contribution in [0.5, 0.6) is 0 Å².